The van der Waals surface area contributed by atoms with Crippen molar-refractivity contribution in [1.82, 2.24) is 4.90 Å². The summed E-state index contributed by atoms with van der Waals surface area (Å²) in [5, 5.41) is 17.3. The van der Waals surface area contributed by atoms with E-state index >= 15 is 0 Å². The molecule has 0 saturated carbocycles. The Hall–Kier alpha value is -2.88. The van der Waals surface area contributed by atoms with E-state index in [2.05, 4.69) is 11.8 Å². The second kappa shape index (κ2) is 7.53. The molecule has 0 unspecified atom stereocenters. The summed E-state index contributed by atoms with van der Waals surface area (Å²) in [5.74, 6) is 4.07. The van der Waals surface area contributed by atoms with Gasteiger partial charge in [0.1, 0.15) is 18.9 Å². The van der Waals surface area contributed by atoms with E-state index in [0.717, 1.165) is 17.0 Å². The summed E-state index contributed by atoms with van der Waals surface area (Å²) in [4.78, 5) is 13.3. The number of amides is 1. The number of hydrogen-bond acceptors (Lipinski definition) is 4. The molecule has 0 aliphatic rings. The molecule has 6 heteroatoms. The monoisotopic (exact) mass is 270 g/mol. The van der Waals surface area contributed by atoms with Crippen LogP contribution in [0.15, 0.2) is 18.2 Å². The van der Waals surface area contributed by atoms with Crippen molar-refractivity contribution in [3.05, 3.63) is 35.1 Å². The van der Waals surface area contributed by atoms with Gasteiger partial charge in [0.25, 0.3) is 5.91 Å². The van der Waals surface area contributed by atoms with Crippen LogP contribution in [0.3, 0.4) is 0 Å². The zero-order chi connectivity index (χ0) is 15.0. The summed E-state index contributed by atoms with van der Waals surface area (Å²) in [7, 11) is 0. The molecule has 0 radical (unpaired) electrons. The standard InChI is InChI=1S/C14H11FN4O/c15-12-3-4-13(11(10-12)2-1-5-16)14(20)19(8-6-17)9-7-18/h3-4,10H,5,8-9,16H2. The quantitative estimate of drug-likeness (QED) is 0.643. The lowest BCUT2D eigenvalue weighted by atomic mass is 10.1. The Bertz CT molecular complexity index is 630. The fourth-order valence-corrected chi connectivity index (χ4v) is 1.49. The van der Waals surface area contributed by atoms with E-state index in [9.17, 15) is 9.18 Å². The number of benzene rings is 1. The Morgan fingerprint density at radius 1 is 1.30 bits per heavy atom. The molecule has 20 heavy (non-hydrogen) atoms. The Morgan fingerprint density at radius 2 is 1.95 bits per heavy atom. The predicted octanol–water partition coefficient (Wildman–Crippen LogP) is 0.625. The van der Waals surface area contributed by atoms with Crippen LogP contribution in [-0.4, -0.2) is 30.4 Å². The Morgan fingerprint density at radius 3 is 2.50 bits per heavy atom. The van der Waals surface area contributed by atoms with Crippen molar-refractivity contribution in [2.45, 2.75) is 0 Å². The summed E-state index contributed by atoms with van der Waals surface area (Å²) in [6.07, 6.45) is 0. The topological polar surface area (TPSA) is 93.9 Å². The second-order valence-electron chi connectivity index (χ2n) is 3.67. The molecule has 0 aromatic heterocycles. The van der Waals surface area contributed by atoms with Gasteiger partial charge >= 0.3 is 0 Å². The highest BCUT2D eigenvalue weighted by atomic mass is 19.1. The summed E-state index contributed by atoms with van der Waals surface area (Å²) >= 11 is 0. The fourth-order valence-electron chi connectivity index (χ4n) is 1.49. The average Bonchev–Trinajstić information content (AvgIpc) is 2.44. The van der Waals surface area contributed by atoms with E-state index in [4.69, 9.17) is 16.3 Å². The minimum atomic E-state index is -0.547. The molecule has 1 aromatic rings. The Balaban J connectivity index is 3.21. The van der Waals surface area contributed by atoms with Gasteiger partial charge < -0.3 is 10.6 Å². The molecule has 0 atom stereocenters. The van der Waals surface area contributed by atoms with Crippen LogP contribution < -0.4 is 5.73 Å². The number of rotatable bonds is 3. The van der Waals surface area contributed by atoms with Crippen LogP contribution in [0, 0.1) is 40.3 Å². The first-order valence-corrected chi connectivity index (χ1v) is 5.65. The van der Waals surface area contributed by atoms with Crippen LogP contribution in [-0.2, 0) is 0 Å². The van der Waals surface area contributed by atoms with Crippen LogP contribution in [0.5, 0.6) is 0 Å². The molecule has 0 fully saturated rings. The van der Waals surface area contributed by atoms with Crippen LogP contribution in [0.1, 0.15) is 15.9 Å². The third-order valence-electron chi connectivity index (χ3n) is 2.35. The third kappa shape index (κ3) is 3.81. The van der Waals surface area contributed by atoms with E-state index in [-0.39, 0.29) is 30.8 Å². The maximum atomic E-state index is 13.2. The molecular formula is C14H11FN4O. The number of carbonyl (C=O) groups is 1. The van der Waals surface area contributed by atoms with Crippen LogP contribution in [0.25, 0.3) is 0 Å². The van der Waals surface area contributed by atoms with Crippen molar-refractivity contribution in [3.63, 3.8) is 0 Å². The SMILES string of the molecule is N#CCN(CC#N)C(=O)c1ccc(F)cc1C#CCN. The number of nitrogens with two attached hydrogens (primary N) is 1. The summed E-state index contributed by atoms with van der Waals surface area (Å²) < 4.78 is 13.2. The van der Waals surface area contributed by atoms with Crippen LogP contribution in [0.4, 0.5) is 4.39 Å². The Kier molecular flexibility index (Phi) is 5.72. The van der Waals surface area contributed by atoms with E-state index in [1.165, 1.54) is 6.07 Å². The minimum absolute atomic E-state index is 0.0737. The van der Waals surface area contributed by atoms with Gasteiger partial charge in [0, 0.05) is 5.56 Å². The molecule has 0 aliphatic carbocycles. The average molecular weight is 270 g/mol. The molecule has 0 heterocycles. The molecule has 5 nitrogen and oxygen atoms in total. The summed E-state index contributed by atoms with van der Waals surface area (Å²) in [6.45, 7) is -0.384. The van der Waals surface area contributed by atoms with Gasteiger partial charge in [-0.1, -0.05) is 11.8 Å². The van der Waals surface area contributed by atoms with Crippen LogP contribution >= 0.6 is 0 Å². The molecule has 0 spiro atoms. The normalized spacial score (nSPS) is 8.80. The first-order valence-electron chi connectivity index (χ1n) is 5.65. The van der Waals surface area contributed by atoms with Gasteiger partial charge in [-0.25, -0.2) is 4.39 Å². The van der Waals surface area contributed by atoms with E-state index in [1.54, 1.807) is 12.1 Å². The number of carbonyl (C=O) groups excluding carboxylic acids is 1. The highest BCUT2D eigenvalue weighted by Crippen LogP contribution is 2.13. The first-order chi connectivity index (χ1) is 9.63. The largest absolute Gasteiger partial charge is 0.320 e. The zero-order valence-electron chi connectivity index (χ0n) is 10.6. The Labute approximate surface area is 116 Å². The van der Waals surface area contributed by atoms with Gasteiger partial charge in [-0.2, -0.15) is 10.5 Å². The van der Waals surface area contributed by atoms with Crippen molar-refractivity contribution >= 4 is 5.91 Å². The lowest BCUT2D eigenvalue weighted by molar-refractivity contribution is 0.0794. The molecule has 1 aromatic carbocycles. The van der Waals surface area contributed by atoms with Gasteiger partial charge in [-0.3, -0.25) is 4.79 Å². The molecule has 0 aliphatic heterocycles. The van der Waals surface area contributed by atoms with Gasteiger partial charge in [0.15, 0.2) is 0 Å². The summed E-state index contributed by atoms with van der Waals surface area (Å²) in [5.41, 5.74) is 5.57. The lowest BCUT2D eigenvalue weighted by Crippen LogP contribution is -2.32. The summed E-state index contributed by atoms with van der Waals surface area (Å²) in [6, 6.07) is 7.12. The predicted molar refractivity (Wildman–Crippen MR) is 69.5 cm³/mol. The zero-order valence-corrected chi connectivity index (χ0v) is 10.6. The molecular weight excluding hydrogens is 259 g/mol. The van der Waals surface area contributed by atoms with Gasteiger partial charge in [0.2, 0.25) is 0 Å². The molecule has 1 rings (SSSR count). The third-order valence-corrected chi connectivity index (χ3v) is 2.35. The molecule has 0 saturated heterocycles. The van der Waals surface area contributed by atoms with Gasteiger partial charge in [-0.05, 0) is 18.2 Å². The van der Waals surface area contributed by atoms with E-state index in [0.29, 0.717) is 0 Å². The van der Waals surface area contributed by atoms with E-state index < -0.39 is 11.7 Å². The smallest absolute Gasteiger partial charge is 0.256 e. The second-order valence-corrected chi connectivity index (χ2v) is 3.67. The molecule has 2 N–H and O–H groups in total. The fraction of sp³-hybridized carbons (Fsp3) is 0.214. The number of nitrogens with zero attached hydrogens (tertiary/aromatic N) is 3. The molecule has 0 bridgehead atoms. The van der Waals surface area contributed by atoms with Crippen molar-refractivity contribution in [1.29, 1.82) is 10.5 Å². The molecule has 1 amide bonds. The van der Waals surface area contributed by atoms with Crippen molar-refractivity contribution in [2.24, 2.45) is 5.73 Å². The number of nitriles is 2. The highest BCUT2D eigenvalue weighted by Gasteiger charge is 2.18. The van der Waals surface area contributed by atoms with Crippen molar-refractivity contribution in [3.8, 4) is 24.0 Å². The van der Waals surface area contributed by atoms with Crippen molar-refractivity contribution in [2.75, 3.05) is 19.6 Å². The van der Waals surface area contributed by atoms with Gasteiger partial charge in [0.05, 0.1) is 24.2 Å². The van der Waals surface area contributed by atoms with E-state index in [1.807, 2.05) is 0 Å². The minimum Gasteiger partial charge on any atom is -0.320 e. The maximum absolute atomic E-state index is 13.2. The van der Waals surface area contributed by atoms with Gasteiger partial charge in [-0.15, -0.1) is 0 Å². The maximum Gasteiger partial charge on any atom is 0.256 e. The number of hydrogen-bond donors (Lipinski definition) is 1. The number of halogens is 1. The van der Waals surface area contributed by atoms with Crippen molar-refractivity contribution < 1.29 is 9.18 Å². The lowest BCUT2D eigenvalue weighted by Gasteiger charge is -2.16. The first kappa shape index (κ1) is 15.2. The van der Waals surface area contributed by atoms with Crippen LogP contribution in [0.2, 0.25) is 0 Å². The molecule has 100 valence electrons. The highest BCUT2D eigenvalue weighted by molar-refractivity contribution is 5.97.